The fourth-order valence-electron chi connectivity index (χ4n) is 7.09. The average Bonchev–Trinajstić information content (AvgIpc) is 3.64. The summed E-state index contributed by atoms with van der Waals surface area (Å²) in [5.41, 5.74) is 0.834. The second kappa shape index (κ2) is 25.3. The molecular weight excluding hydrogens is 837 g/mol. The van der Waals surface area contributed by atoms with Gasteiger partial charge in [0, 0.05) is 18.2 Å². The number of rotatable bonds is 21. The van der Waals surface area contributed by atoms with E-state index >= 15 is 0 Å². The van der Waals surface area contributed by atoms with Crippen molar-refractivity contribution < 1.29 is 84.0 Å². The van der Waals surface area contributed by atoms with Gasteiger partial charge in [0.05, 0.1) is 31.0 Å². The summed E-state index contributed by atoms with van der Waals surface area (Å²) in [5.74, 6) is -4.40. The highest BCUT2D eigenvalue weighted by atomic mass is 16.8. The number of aliphatic hydroxyl groups is 7. The van der Waals surface area contributed by atoms with Gasteiger partial charge in [0.25, 0.3) is 0 Å². The molecule has 3 aliphatic rings. The van der Waals surface area contributed by atoms with Gasteiger partial charge in [-0.1, -0.05) is 94.0 Å². The molecule has 0 radical (unpaired) electrons. The van der Waals surface area contributed by atoms with Crippen molar-refractivity contribution in [3.63, 3.8) is 0 Å². The monoisotopic (exact) mass is 900 g/mol. The minimum Gasteiger partial charge on any atom is -0.508 e. The first-order valence-electron chi connectivity index (χ1n) is 21.5. The fraction of sp³-hybridized carbons (Fsp3) is 0.532. The Labute approximate surface area is 373 Å². The molecule has 3 aliphatic heterocycles. The molecule has 2 saturated heterocycles. The van der Waals surface area contributed by atoms with E-state index in [1.54, 1.807) is 31.2 Å². The predicted octanol–water partition coefficient (Wildman–Crippen LogP) is 2.81. The third-order valence-electron chi connectivity index (χ3n) is 11.2. The van der Waals surface area contributed by atoms with Gasteiger partial charge in [-0.2, -0.15) is 0 Å². The van der Waals surface area contributed by atoms with E-state index in [1.807, 2.05) is 19.1 Å². The zero-order chi connectivity index (χ0) is 47.0. The smallest absolute Gasteiger partial charge is 0.331 e. The van der Waals surface area contributed by atoms with Crippen LogP contribution in [-0.4, -0.2) is 138 Å². The second-order valence-corrected chi connectivity index (χ2v) is 16.0. The van der Waals surface area contributed by atoms with Crippen molar-refractivity contribution in [1.29, 1.82) is 0 Å². The zero-order valence-corrected chi connectivity index (χ0v) is 36.5. The van der Waals surface area contributed by atoms with Gasteiger partial charge in [0.2, 0.25) is 5.79 Å². The maximum Gasteiger partial charge on any atom is 0.331 e. The van der Waals surface area contributed by atoms with Crippen LogP contribution in [0.5, 0.6) is 11.5 Å². The highest BCUT2D eigenvalue weighted by Gasteiger charge is 2.63. The largest absolute Gasteiger partial charge is 0.508 e. The predicted molar refractivity (Wildman–Crippen MR) is 231 cm³/mol. The summed E-state index contributed by atoms with van der Waals surface area (Å²) in [7, 11) is 0. The number of fused-ring (bicyclic) bond motifs is 2. The van der Waals surface area contributed by atoms with Crippen molar-refractivity contribution in [3.8, 4) is 11.5 Å². The molecule has 4 rings (SSSR count). The molecule has 0 saturated carbocycles. The maximum absolute atomic E-state index is 13.4. The molecule has 64 heavy (non-hydrogen) atoms. The Morgan fingerprint density at radius 3 is 2.31 bits per heavy atom. The van der Waals surface area contributed by atoms with E-state index < -0.39 is 104 Å². The Bertz CT molecular complexity index is 1890. The fourth-order valence-corrected chi connectivity index (χ4v) is 7.09. The van der Waals surface area contributed by atoms with Gasteiger partial charge in [-0.3, -0.25) is 0 Å². The Balaban J connectivity index is 1.51. The number of phenols is 2. The average molecular weight is 901 g/mol. The van der Waals surface area contributed by atoms with Gasteiger partial charge in [-0.05, 0) is 55.7 Å². The lowest BCUT2D eigenvalue weighted by atomic mass is 9.86. The van der Waals surface area contributed by atoms with Gasteiger partial charge >= 0.3 is 11.9 Å². The summed E-state index contributed by atoms with van der Waals surface area (Å²) in [6, 6.07) is 2.25. The van der Waals surface area contributed by atoms with Gasteiger partial charge in [0.1, 0.15) is 54.7 Å². The third kappa shape index (κ3) is 14.0. The van der Waals surface area contributed by atoms with Crippen LogP contribution >= 0.6 is 0 Å². The number of phenolic OH excluding ortho intramolecular Hbond substituents is 2. The molecule has 2 fully saturated rings. The van der Waals surface area contributed by atoms with Crippen LogP contribution in [0, 0.1) is 5.92 Å². The molecule has 9 N–H and O–H groups in total. The molecule has 0 amide bonds. The van der Waals surface area contributed by atoms with Crippen LogP contribution in [0.4, 0.5) is 0 Å². The van der Waals surface area contributed by atoms with Crippen molar-refractivity contribution in [2.24, 2.45) is 5.92 Å². The van der Waals surface area contributed by atoms with Crippen LogP contribution in [0.2, 0.25) is 0 Å². The van der Waals surface area contributed by atoms with E-state index in [4.69, 9.17) is 28.4 Å². The quantitative estimate of drug-likeness (QED) is 0.0488. The molecule has 17 heteroatoms. The lowest BCUT2D eigenvalue weighted by Gasteiger charge is -2.50. The molecule has 1 spiro atoms. The van der Waals surface area contributed by atoms with E-state index in [0.29, 0.717) is 12.3 Å². The number of allylic oxidation sites excluding steroid dienone is 9. The SMILES string of the molecule is CCC(O)/C=C/C=C/C=C/C(=O)OC[C@@H]1O[C@@H](O[C@H]2[C@@H](OC(=O)/C=C/C=C/CC(O)/C(C)=C/C=C/CCC(C)CC)[C@H](O)C3(OCc4cc(O)cc(O)c43)O[C@H]2CO)[C@@H](O)[C@@H](O)[C@H]1O. The Morgan fingerprint density at radius 1 is 0.875 bits per heavy atom. The highest BCUT2D eigenvalue weighted by molar-refractivity contribution is 5.82. The number of hydrogen-bond acceptors (Lipinski definition) is 17. The van der Waals surface area contributed by atoms with Crippen LogP contribution in [0.25, 0.3) is 0 Å². The number of ether oxygens (including phenoxy) is 6. The van der Waals surface area contributed by atoms with Crippen LogP contribution in [0.1, 0.15) is 70.9 Å². The van der Waals surface area contributed by atoms with Gasteiger partial charge in [0.15, 0.2) is 18.5 Å². The van der Waals surface area contributed by atoms with Gasteiger partial charge in [-0.25, -0.2) is 9.59 Å². The number of hydrogen-bond donors (Lipinski definition) is 9. The van der Waals surface area contributed by atoms with Crippen molar-refractivity contribution in [2.45, 2.75) is 140 Å². The summed E-state index contributed by atoms with van der Waals surface area (Å²) in [5, 5.41) is 96.3. The summed E-state index contributed by atoms with van der Waals surface area (Å²) in [4.78, 5) is 25.8. The van der Waals surface area contributed by atoms with Crippen molar-refractivity contribution in [3.05, 3.63) is 108 Å². The first-order valence-corrected chi connectivity index (χ1v) is 21.5. The Hall–Kier alpha value is -4.50. The topological polar surface area (TPSA) is 272 Å². The van der Waals surface area contributed by atoms with E-state index in [-0.39, 0.29) is 29.9 Å². The number of aliphatic hydroxyl groups excluding tert-OH is 7. The third-order valence-corrected chi connectivity index (χ3v) is 11.2. The molecule has 354 valence electrons. The molecule has 13 atom stereocenters. The number of carbonyl (C=O) groups excluding carboxylic acids is 2. The highest BCUT2D eigenvalue weighted by Crippen LogP contribution is 2.51. The summed E-state index contributed by atoms with van der Waals surface area (Å²) in [6.45, 7) is 6.16. The molecule has 0 aromatic heterocycles. The van der Waals surface area contributed by atoms with Crippen molar-refractivity contribution in [1.82, 2.24) is 0 Å². The number of aromatic hydroxyl groups is 2. The zero-order valence-electron chi connectivity index (χ0n) is 36.5. The maximum atomic E-state index is 13.4. The molecule has 1 aromatic rings. The Morgan fingerprint density at radius 2 is 1.59 bits per heavy atom. The van der Waals surface area contributed by atoms with Crippen molar-refractivity contribution >= 4 is 11.9 Å². The molecule has 17 nitrogen and oxygen atoms in total. The van der Waals surface area contributed by atoms with E-state index in [9.17, 15) is 55.5 Å². The number of esters is 2. The van der Waals surface area contributed by atoms with Gasteiger partial charge < -0.3 is 74.4 Å². The van der Waals surface area contributed by atoms with Crippen LogP contribution < -0.4 is 0 Å². The first-order chi connectivity index (χ1) is 30.6. The molecule has 1 aromatic carbocycles. The van der Waals surface area contributed by atoms with Crippen LogP contribution in [0.3, 0.4) is 0 Å². The first kappa shape index (κ1) is 52.1. The van der Waals surface area contributed by atoms with Crippen molar-refractivity contribution in [2.75, 3.05) is 13.2 Å². The molecule has 0 bridgehead atoms. The van der Waals surface area contributed by atoms with Crippen LogP contribution in [0.15, 0.2) is 96.7 Å². The molecular formula is C47H64O17. The van der Waals surface area contributed by atoms with Crippen LogP contribution in [-0.2, 0) is 50.4 Å². The summed E-state index contributed by atoms with van der Waals surface area (Å²) >= 11 is 0. The van der Waals surface area contributed by atoms with Gasteiger partial charge in [-0.15, -0.1) is 0 Å². The summed E-state index contributed by atoms with van der Waals surface area (Å²) in [6.07, 6.45) is 6.33. The lowest BCUT2D eigenvalue weighted by molar-refractivity contribution is -0.395. The molecule has 4 unspecified atom stereocenters. The Kier molecular flexibility index (Phi) is 20.6. The normalized spacial score (nSPS) is 30.4. The minimum absolute atomic E-state index is 0.121. The number of benzene rings is 1. The van der Waals surface area contributed by atoms with E-state index in [1.165, 1.54) is 30.4 Å². The molecule has 3 heterocycles. The number of carbonyl (C=O) groups is 2. The lowest BCUT2D eigenvalue weighted by Crippen LogP contribution is -2.67. The second-order valence-electron chi connectivity index (χ2n) is 16.0. The van der Waals surface area contributed by atoms with E-state index in [2.05, 4.69) is 19.9 Å². The standard InChI is InChI=1S/C47H64O17/c1-5-28(3)17-11-9-12-18-29(4)33(51)20-14-10-16-22-38(54)62-44-43(35(25-48)64-47(45(44)58)39-30(26-60-47)23-32(50)24-34(39)52)63-46-42(57)41(56)40(55)36(61-46)27-59-37(53)21-15-8-7-13-19-31(49)6-2/h7-10,12-16,18-19,21-24,28,31,33,35-36,40-46,48-52,55-58H,5-6,11,17,20,25-27H2,1-4H3/b8-7+,12-9+,14-10+,19-13+,21-15+,22-16+,29-18+/t28?,31?,33?,35-,36-,40-,41-,42-,43+,44+,45-,46-,47?/m0/s1. The molecule has 0 aliphatic carbocycles. The van der Waals surface area contributed by atoms with E-state index in [0.717, 1.165) is 43.1 Å². The summed E-state index contributed by atoms with van der Waals surface area (Å²) < 4.78 is 34.6. The minimum atomic E-state index is -2.28.